The molecule has 0 aromatic rings. The first-order valence-electron chi connectivity index (χ1n) is 17.5. The summed E-state index contributed by atoms with van der Waals surface area (Å²) in [6, 6.07) is 0.938. The SMILES string of the molecule is CO[Si](CCCCCCCCCCCCCCCCCCCCCCCCCCCCCCCCl)(OC)OC. The van der Waals surface area contributed by atoms with Crippen LogP contribution in [0, 0.1) is 0 Å². The van der Waals surface area contributed by atoms with Crippen LogP contribution in [0.25, 0.3) is 0 Å². The van der Waals surface area contributed by atoms with Crippen molar-refractivity contribution in [2.75, 3.05) is 27.2 Å². The highest BCUT2D eigenvalue weighted by atomic mass is 35.5. The lowest BCUT2D eigenvalue weighted by molar-refractivity contribution is 0.122. The molecular weight excluding hydrogens is 520 g/mol. The zero-order valence-corrected chi connectivity index (χ0v) is 28.8. The Kier molecular flexibility index (Phi) is 33.2. The van der Waals surface area contributed by atoms with Gasteiger partial charge in [-0.3, -0.25) is 0 Å². The smallest absolute Gasteiger partial charge is 0.377 e. The molecule has 0 bridgehead atoms. The molecule has 0 saturated heterocycles. The van der Waals surface area contributed by atoms with Gasteiger partial charge in [0, 0.05) is 33.3 Å². The molecule has 0 aliphatic carbocycles. The maximum atomic E-state index is 5.72. The van der Waals surface area contributed by atoms with Crippen molar-refractivity contribution < 1.29 is 13.3 Å². The lowest BCUT2D eigenvalue weighted by Crippen LogP contribution is -2.42. The summed E-state index contributed by atoms with van der Waals surface area (Å²) in [5.41, 5.74) is 0. The standard InChI is InChI=1S/C34H71ClO3Si/c1-36-39(37-2,38-3)34-32-30-28-26-24-22-20-18-16-14-12-10-8-6-4-5-7-9-11-13-15-17-19-21-23-25-27-29-31-33-35/h4-34H2,1-3H3. The normalized spacial score (nSPS) is 12.0. The van der Waals surface area contributed by atoms with Crippen LogP contribution < -0.4 is 0 Å². The van der Waals surface area contributed by atoms with E-state index in [1.165, 1.54) is 180 Å². The number of unbranched alkanes of at least 4 members (excludes halogenated alkanes) is 28. The molecular formula is C34H71ClO3Si. The quantitative estimate of drug-likeness (QED) is 0.0423. The van der Waals surface area contributed by atoms with Crippen LogP contribution in [0.4, 0.5) is 0 Å². The summed E-state index contributed by atoms with van der Waals surface area (Å²) < 4.78 is 16.5. The van der Waals surface area contributed by atoms with E-state index in [-0.39, 0.29) is 0 Å². The van der Waals surface area contributed by atoms with E-state index < -0.39 is 8.80 Å². The fourth-order valence-electron chi connectivity index (χ4n) is 5.77. The summed E-state index contributed by atoms with van der Waals surface area (Å²) in [5.74, 6) is 0.841. The van der Waals surface area contributed by atoms with Gasteiger partial charge in [0.1, 0.15) is 0 Å². The van der Waals surface area contributed by atoms with E-state index in [4.69, 9.17) is 24.9 Å². The van der Waals surface area contributed by atoms with E-state index in [1.54, 1.807) is 21.3 Å². The highest BCUT2D eigenvalue weighted by Crippen LogP contribution is 2.19. The van der Waals surface area contributed by atoms with Crippen LogP contribution in [0.1, 0.15) is 186 Å². The molecule has 0 heterocycles. The Bertz CT molecular complexity index is 440. The number of halogens is 1. The van der Waals surface area contributed by atoms with E-state index in [1.807, 2.05) is 0 Å². The Hall–Kier alpha value is 0.387. The second-order valence-electron chi connectivity index (χ2n) is 12.0. The van der Waals surface area contributed by atoms with Crippen molar-refractivity contribution in [3.8, 4) is 0 Å². The Morgan fingerprint density at radius 3 is 0.667 bits per heavy atom. The van der Waals surface area contributed by atoms with Gasteiger partial charge in [0.25, 0.3) is 0 Å². The van der Waals surface area contributed by atoms with E-state index >= 15 is 0 Å². The van der Waals surface area contributed by atoms with E-state index in [0.29, 0.717) is 0 Å². The van der Waals surface area contributed by atoms with Gasteiger partial charge < -0.3 is 13.3 Å². The van der Waals surface area contributed by atoms with Crippen LogP contribution >= 0.6 is 11.6 Å². The molecule has 39 heavy (non-hydrogen) atoms. The lowest BCUT2D eigenvalue weighted by Gasteiger charge is -2.24. The molecule has 0 unspecified atom stereocenters. The van der Waals surface area contributed by atoms with Crippen molar-refractivity contribution in [1.29, 1.82) is 0 Å². The predicted octanol–water partition coefficient (Wildman–Crippen LogP) is 12.4. The average Bonchev–Trinajstić information content (AvgIpc) is 2.96. The minimum Gasteiger partial charge on any atom is -0.377 e. The van der Waals surface area contributed by atoms with E-state index in [2.05, 4.69) is 0 Å². The largest absolute Gasteiger partial charge is 0.500 e. The Labute approximate surface area is 252 Å². The van der Waals surface area contributed by atoms with Crippen LogP contribution in [-0.2, 0) is 13.3 Å². The Morgan fingerprint density at radius 2 is 0.487 bits per heavy atom. The molecule has 0 aromatic heterocycles. The molecule has 0 amide bonds. The summed E-state index contributed by atoms with van der Waals surface area (Å²) in [6.07, 6.45) is 41.0. The van der Waals surface area contributed by atoms with Gasteiger partial charge >= 0.3 is 8.80 Å². The molecule has 0 aliphatic rings. The molecule has 0 aromatic carbocycles. The van der Waals surface area contributed by atoms with Crippen LogP contribution in [-0.4, -0.2) is 36.0 Å². The zero-order chi connectivity index (χ0) is 28.5. The second kappa shape index (κ2) is 32.9. The van der Waals surface area contributed by atoms with Crippen LogP contribution in [0.5, 0.6) is 0 Å². The summed E-state index contributed by atoms with van der Waals surface area (Å²) >= 11 is 5.72. The van der Waals surface area contributed by atoms with Gasteiger partial charge in [-0.1, -0.05) is 173 Å². The Morgan fingerprint density at radius 1 is 0.308 bits per heavy atom. The van der Waals surface area contributed by atoms with Gasteiger partial charge in [-0.15, -0.1) is 11.6 Å². The fraction of sp³-hybridized carbons (Fsp3) is 1.00. The molecule has 5 heteroatoms. The minimum atomic E-state index is -2.34. The van der Waals surface area contributed by atoms with Crippen molar-refractivity contribution >= 4 is 20.4 Å². The van der Waals surface area contributed by atoms with Gasteiger partial charge in [0.15, 0.2) is 0 Å². The lowest BCUT2D eigenvalue weighted by atomic mass is 10.0. The first-order chi connectivity index (χ1) is 19.2. The molecule has 3 nitrogen and oxygen atoms in total. The van der Waals surface area contributed by atoms with Gasteiger partial charge in [-0.05, 0) is 12.8 Å². The third-order valence-electron chi connectivity index (χ3n) is 8.55. The summed E-state index contributed by atoms with van der Waals surface area (Å²) in [5, 5.41) is 0. The number of hydrogen-bond donors (Lipinski definition) is 0. The molecule has 0 rings (SSSR count). The van der Waals surface area contributed by atoms with E-state index in [0.717, 1.165) is 18.3 Å². The fourth-order valence-corrected chi connectivity index (χ4v) is 7.75. The maximum absolute atomic E-state index is 5.72. The molecule has 0 atom stereocenters. The molecule has 0 N–H and O–H groups in total. The molecule has 236 valence electrons. The number of rotatable bonds is 34. The van der Waals surface area contributed by atoms with Crippen molar-refractivity contribution in [2.45, 2.75) is 192 Å². The van der Waals surface area contributed by atoms with Crippen molar-refractivity contribution in [2.24, 2.45) is 0 Å². The first-order valence-corrected chi connectivity index (χ1v) is 19.9. The van der Waals surface area contributed by atoms with Crippen LogP contribution in [0.3, 0.4) is 0 Å². The van der Waals surface area contributed by atoms with E-state index in [9.17, 15) is 0 Å². The van der Waals surface area contributed by atoms with Gasteiger partial charge in [-0.25, -0.2) is 0 Å². The Balaban J connectivity index is 3.12. The second-order valence-corrected chi connectivity index (χ2v) is 15.5. The molecule has 0 aliphatic heterocycles. The van der Waals surface area contributed by atoms with Crippen LogP contribution in [0.2, 0.25) is 6.04 Å². The topological polar surface area (TPSA) is 27.7 Å². The van der Waals surface area contributed by atoms with Crippen molar-refractivity contribution in [3.63, 3.8) is 0 Å². The summed E-state index contributed by atoms with van der Waals surface area (Å²) in [6.45, 7) is 0. The third-order valence-corrected chi connectivity index (χ3v) is 11.6. The molecule has 0 fully saturated rings. The summed E-state index contributed by atoms with van der Waals surface area (Å²) in [4.78, 5) is 0. The first kappa shape index (κ1) is 39.4. The molecule has 0 saturated carbocycles. The van der Waals surface area contributed by atoms with Crippen molar-refractivity contribution in [3.05, 3.63) is 0 Å². The number of hydrogen-bond acceptors (Lipinski definition) is 3. The average molecular weight is 591 g/mol. The monoisotopic (exact) mass is 590 g/mol. The minimum absolute atomic E-state index is 0.841. The van der Waals surface area contributed by atoms with Gasteiger partial charge in [0.05, 0.1) is 0 Å². The predicted molar refractivity (Wildman–Crippen MR) is 176 cm³/mol. The highest BCUT2D eigenvalue weighted by Gasteiger charge is 2.36. The summed E-state index contributed by atoms with van der Waals surface area (Å²) in [7, 11) is 2.78. The van der Waals surface area contributed by atoms with Gasteiger partial charge in [-0.2, -0.15) is 0 Å². The third kappa shape index (κ3) is 28.3. The maximum Gasteiger partial charge on any atom is 0.500 e. The molecule has 0 spiro atoms. The van der Waals surface area contributed by atoms with Gasteiger partial charge in [0.2, 0.25) is 0 Å². The van der Waals surface area contributed by atoms with Crippen molar-refractivity contribution in [1.82, 2.24) is 0 Å². The van der Waals surface area contributed by atoms with Crippen LogP contribution in [0.15, 0.2) is 0 Å². The highest BCUT2D eigenvalue weighted by molar-refractivity contribution is 6.60. The zero-order valence-electron chi connectivity index (χ0n) is 27.0. The molecule has 0 radical (unpaired) electrons. The number of alkyl halides is 1.